The number of carbonyl (C=O) groups is 2. The lowest BCUT2D eigenvalue weighted by molar-refractivity contribution is 0.0949. The van der Waals surface area contributed by atoms with Crippen LogP contribution in [0.25, 0.3) is 0 Å². The molecule has 1 aromatic carbocycles. The first kappa shape index (κ1) is 23.1. The first-order chi connectivity index (χ1) is 15.9. The van der Waals surface area contributed by atoms with Gasteiger partial charge in [0.2, 0.25) is 10.0 Å². The zero-order valence-electron chi connectivity index (χ0n) is 17.9. The molecule has 2 aromatic heterocycles. The van der Waals surface area contributed by atoms with E-state index in [0.29, 0.717) is 24.3 Å². The minimum absolute atomic E-state index is 0.0242. The van der Waals surface area contributed by atoms with Crippen molar-refractivity contribution in [2.24, 2.45) is 0 Å². The molecular formula is C23H24N4O4S2. The number of benzene rings is 1. The number of piperidine rings is 1. The number of sulfonamides is 1. The first-order valence-electron chi connectivity index (χ1n) is 10.6. The summed E-state index contributed by atoms with van der Waals surface area (Å²) in [6.45, 7) is 1.22. The summed E-state index contributed by atoms with van der Waals surface area (Å²) in [6, 6.07) is 13.4. The number of hydrogen-bond donors (Lipinski definition) is 2. The molecule has 1 fully saturated rings. The van der Waals surface area contributed by atoms with E-state index in [1.165, 1.54) is 10.4 Å². The van der Waals surface area contributed by atoms with Gasteiger partial charge >= 0.3 is 0 Å². The molecular weight excluding hydrogens is 460 g/mol. The molecule has 10 heteroatoms. The van der Waals surface area contributed by atoms with Crippen LogP contribution in [0.3, 0.4) is 0 Å². The highest BCUT2D eigenvalue weighted by Crippen LogP contribution is 2.28. The molecule has 0 radical (unpaired) electrons. The van der Waals surface area contributed by atoms with Crippen molar-refractivity contribution in [2.75, 3.05) is 18.4 Å². The lowest BCUT2D eigenvalue weighted by Crippen LogP contribution is -2.36. The fourth-order valence-electron chi connectivity index (χ4n) is 3.61. The van der Waals surface area contributed by atoms with Crippen molar-refractivity contribution in [3.05, 3.63) is 76.2 Å². The predicted octanol–water partition coefficient (Wildman–Crippen LogP) is 3.50. The minimum Gasteiger partial charge on any atom is -0.346 e. The summed E-state index contributed by atoms with van der Waals surface area (Å²) in [5.41, 5.74) is 1.51. The number of thiophene rings is 1. The van der Waals surface area contributed by atoms with Crippen LogP contribution in [0.5, 0.6) is 0 Å². The minimum atomic E-state index is -3.73. The monoisotopic (exact) mass is 484 g/mol. The second kappa shape index (κ2) is 10.2. The topological polar surface area (TPSA) is 108 Å². The van der Waals surface area contributed by atoms with Crippen LogP contribution in [0.2, 0.25) is 0 Å². The van der Waals surface area contributed by atoms with Gasteiger partial charge in [0.05, 0.1) is 12.2 Å². The molecule has 3 heterocycles. The molecule has 0 unspecified atom stereocenters. The Morgan fingerprint density at radius 1 is 1.00 bits per heavy atom. The van der Waals surface area contributed by atoms with Crippen molar-refractivity contribution in [1.82, 2.24) is 14.6 Å². The Morgan fingerprint density at radius 3 is 2.58 bits per heavy atom. The number of hydrogen-bond acceptors (Lipinski definition) is 6. The van der Waals surface area contributed by atoms with Gasteiger partial charge in [-0.25, -0.2) is 8.42 Å². The van der Waals surface area contributed by atoms with Crippen molar-refractivity contribution in [2.45, 2.75) is 30.7 Å². The third kappa shape index (κ3) is 5.47. The number of nitrogens with zero attached hydrogens (tertiary/aromatic N) is 2. The highest BCUT2D eigenvalue weighted by atomic mass is 32.2. The molecule has 1 aliphatic rings. The summed E-state index contributed by atoms with van der Waals surface area (Å²) in [6.07, 6.45) is 4.30. The molecule has 0 atom stereocenters. The smallest absolute Gasteiger partial charge is 0.267 e. The van der Waals surface area contributed by atoms with Gasteiger partial charge in [-0.3, -0.25) is 14.6 Å². The van der Waals surface area contributed by atoms with Gasteiger partial charge in [-0.1, -0.05) is 18.6 Å². The van der Waals surface area contributed by atoms with Crippen LogP contribution in [0, 0.1) is 0 Å². The number of rotatable bonds is 7. The Morgan fingerprint density at radius 2 is 1.82 bits per heavy atom. The summed E-state index contributed by atoms with van der Waals surface area (Å²) in [4.78, 5) is 29.8. The lowest BCUT2D eigenvalue weighted by atomic mass is 10.2. The quantitative estimate of drug-likeness (QED) is 0.534. The molecule has 33 heavy (non-hydrogen) atoms. The lowest BCUT2D eigenvalue weighted by Gasteiger charge is -2.25. The third-order valence-electron chi connectivity index (χ3n) is 5.31. The maximum Gasteiger partial charge on any atom is 0.267 e. The van der Waals surface area contributed by atoms with Crippen molar-refractivity contribution < 1.29 is 18.0 Å². The Kier molecular flexibility index (Phi) is 7.17. The first-order valence-corrected chi connectivity index (χ1v) is 12.9. The number of anilines is 1. The predicted molar refractivity (Wildman–Crippen MR) is 127 cm³/mol. The number of amides is 2. The fourth-order valence-corrected chi connectivity index (χ4v) is 6.43. The standard InChI is InChI=1S/C23H24N4O4S2/c28-22(25-16-19-8-2-3-11-24-19)17-7-6-9-18(15-17)26-23(29)21-20(10-14-32-21)33(30,31)27-12-4-1-5-13-27/h2-3,6-11,14-15H,1,4-5,12-13,16H2,(H,25,28)(H,26,29). The number of pyridine rings is 1. The Bertz CT molecular complexity index is 1240. The van der Waals surface area contributed by atoms with Gasteiger partial charge in [0.15, 0.2) is 0 Å². The van der Waals surface area contributed by atoms with E-state index >= 15 is 0 Å². The SMILES string of the molecule is O=C(NCc1ccccn1)c1cccc(NC(=O)c2sccc2S(=O)(=O)N2CCCCC2)c1. The van der Waals surface area contributed by atoms with Gasteiger partial charge in [0, 0.05) is 30.5 Å². The number of nitrogens with one attached hydrogen (secondary N) is 2. The molecule has 0 spiro atoms. The Balaban J connectivity index is 1.45. The molecule has 1 aliphatic heterocycles. The molecule has 0 aliphatic carbocycles. The van der Waals surface area contributed by atoms with Crippen LogP contribution < -0.4 is 10.6 Å². The summed E-state index contributed by atoms with van der Waals surface area (Å²) >= 11 is 1.08. The maximum atomic E-state index is 13.1. The third-order valence-corrected chi connectivity index (χ3v) is 8.29. The van der Waals surface area contributed by atoms with Crippen LogP contribution in [-0.2, 0) is 16.6 Å². The highest BCUT2D eigenvalue weighted by molar-refractivity contribution is 7.89. The zero-order valence-corrected chi connectivity index (χ0v) is 19.5. The van der Waals surface area contributed by atoms with E-state index in [1.54, 1.807) is 41.9 Å². The van der Waals surface area contributed by atoms with Crippen LogP contribution in [0.15, 0.2) is 65.0 Å². The average Bonchev–Trinajstić information content (AvgIpc) is 3.35. The second-order valence-corrected chi connectivity index (χ2v) is 10.4. The van der Waals surface area contributed by atoms with E-state index in [4.69, 9.17) is 0 Å². The van der Waals surface area contributed by atoms with Gasteiger partial charge in [-0.15, -0.1) is 11.3 Å². The van der Waals surface area contributed by atoms with Crippen LogP contribution in [-0.4, -0.2) is 42.6 Å². The van der Waals surface area contributed by atoms with E-state index < -0.39 is 15.9 Å². The van der Waals surface area contributed by atoms with E-state index in [1.807, 2.05) is 12.1 Å². The summed E-state index contributed by atoms with van der Waals surface area (Å²) in [5, 5.41) is 7.12. The van der Waals surface area contributed by atoms with Gasteiger partial charge < -0.3 is 10.6 Å². The molecule has 2 amide bonds. The Labute approximate surface area is 196 Å². The van der Waals surface area contributed by atoms with Crippen LogP contribution in [0.1, 0.15) is 45.0 Å². The molecule has 0 bridgehead atoms. The van der Waals surface area contributed by atoms with Crippen molar-refractivity contribution in [3.63, 3.8) is 0 Å². The number of carbonyl (C=O) groups excluding carboxylic acids is 2. The van der Waals surface area contributed by atoms with Crippen molar-refractivity contribution >= 4 is 38.9 Å². The molecule has 3 aromatic rings. The van der Waals surface area contributed by atoms with Crippen molar-refractivity contribution in [1.29, 1.82) is 0 Å². The van der Waals surface area contributed by atoms with Crippen molar-refractivity contribution in [3.8, 4) is 0 Å². The van der Waals surface area contributed by atoms with E-state index in [0.717, 1.165) is 36.3 Å². The molecule has 2 N–H and O–H groups in total. The summed E-state index contributed by atoms with van der Waals surface area (Å²) in [5.74, 6) is -0.826. The molecule has 8 nitrogen and oxygen atoms in total. The van der Waals surface area contributed by atoms with E-state index in [-0.39, 0.29) is 22.2 Å². The summed E-state index contributed by atoms with van der Waals surface area (Å²) < 4.78 is 27.6. The van der Waals surface area contributed by atoms with Crippen LogP contribution >= 0.6 is 11.3 Å². The fraction of sp³-hybridized carbons (Fsp3) is 0.261. The van der Waals surface area contributed by atoms with E-state index in [2.05, 4.69) is 15.6 Å². The largest absolute Gasteiger partial charge is 0.346 e. The summed E-state index contributed by atoms with van der Waals surface area (Å²) in [7, 11) is -3.73. The molecule has 1 saturated heterocycles. The van der Waals surface area contributed by atoms with Gasteiger partial charge in [-0.2, -0.15) is 4.31 Å². The maximum absolute atomic E-state index is 13.1. The number of aromatic nitrogens is 1. The molecule has 172 valence electrons. The Hall–Kier alpha value is -3.08. The van der Waals surface area contributed by atoms with Gasteiger partial charge in [0.25, 0.3) is 11.8 Å². The van der Waals surface area contributed by atoms with Crippen LogP contribution in [0.4, 0.5) is 5.69 Å². The van der Waals surface area contributed by atoms with E-state index in [9.17, 15) is 18.0 Å². The molecule has 0 saturated carbocycles. The van der Waals surface area contributed by atoms with Gasteiger partial charge in [0.1, 0.15) is 9.77 Å². The van der Waals surface area contributed by atoms with Gasteiger partial charge in [-0.05, 0) is 54.6 Å². The second-order valence-electron chi connectivity index (χ2n) is 7.62. The molecule has 4 rings (SSSR count). The normalized spacial score (nSPS) is 14.5. The zero-order chi connectivity index (χ0) is 23.3. The average molecular weight is 485 g/mol. The highest BCUT2D eigenvalue weighted by Gasteiger charge is 2.31.